The van der Waals surface area contributed by atoms with Gasteiger partial charge in [-0.25, -0.2) is 0 Å². The fourth-order valence-corrected chi connectivity index (χ4v) is 3.26. The van der Waals surface area contributed by atoms with Crippen LogP contribution in [0.4, 0.5) is 0 Å². The van der Waals surface area contributed by atoms with Crippen LogP contribution in [0.2, 0.25) is 0 Å². The zero-order valence-corrected chi connectivity index (χ0v) is 8.67. The van der Waals surface area contributed by atoms with E-state index in [9.17, 15) is 4.79 Å². The number of fused-ring (bicyclic) bond motifs is 2. The third kappa shape index (κ3) is 1.55. The second kappa shape index (κ2) is 3.25. The molecule has 0 aromatic carbocycles. The summed E-state index contributed by atoms with van der Waals surface area (Å²) >= 11 is 0. The minimum absolute atomic E-state index is 0.365. The van der Waals surface area contributed by atoms with Crippen molar-refractivity contribution in [3.05, 3.63) is 0 Å². The first-order valence-corrected chi connectivity index (χ1v) is 6.10. The smallest absolute Gasteiger partial charge is 0.223 e. The molecule has 0 aromatic heterocycles. The highest BCUT2D eigenvalue weighted by atomic mass is 16.1. The molecule has 2 heteroatoms. The Morgan fingerprint density at radius 2 is 2.00 bits per heavy atom. The quantitative estimate of drug-likeness (QED) is 0.729. The summed E-state index contributed by atoms with van der Waals surface area (Å²) in [4.78, 5) is 11.9. The maximum atomic E-state index is 11.9. The fraction of sp³-hybridized carbons (Fsp3) is 0.917. The molecule has 14 heavy (non-hydrogen) atoms. The summed E-state index contributed by atoms with van der Waals surface area (Å²) in [6.07, 6.45) is 7.87. The third-order valence-corrected chi connectivity index (χ3v) is 4.34. The van der Waals surface area contributed by atoms with Crippen LogP contribution >= 0.6 is 0 Å². The van der Waals surface area contributed by atoms with Crippen molar-refractivity contribution in [3.8, 4) is 0 Å². The van der Waals surface area contributed by atoms with Crippen molar-refractivity contribution in [1.29, 1.82) is 0 Å². The zero-order valence-electron chi connectivity index (χ0n) is 8.67. The molecule has 0 spiro atoms. The Morgan fingerprint density at radius 1 is 1.14 bits per heavy atom. The second-order valence-corrected chi connectivity index (χ2v) is 5.47. The van der Waals surface area contributed by atoms with Crippen molar-refractivity contribution in [2.75, 3.05) is 6.54 Å². The number of carbonyl (C=O) groups is 1. The summed E-state index contributed by atoms with van der Waals surface area (Å²) in [5, 5.41) is 3.13. The summed E-state index contributed by atoms with van der Waals surface area (Å²) < 4.78 is 0. The first-order valence-electron chi connectivity index (χ1n) is 6.10. The van der Waals surface area contributed by atoms with E-state index >= 15 is 0 Å². The SMILES string of the molecule is O=C(NCC1CC1)C1CC2CCC1C2. The average molecular weight is 193 g/mol. The molecule has 3 saturated carbocycles. The summed E-state index contributed by atoms with van der Waals surface area (Å²) in [6, 6.07) is 0. The summed E-state index contributed by atoms with van der Waals surface area (Å²) in [5.74, 6) is 3.19. The lowest BCUT2D eigenvalue weighted by molar-refractivity contribution is -0.126. The lowest BCUT2D eigenvalue weighted by Gasteiger charge is -2.20. The maximum Gasteiger partial charge on any atom is 0.223 e. The maximum absolute atomic E-state index is 11.9. The van der Waals surface area contributed by atoms with Gasteiger partial charge in [-0.2, -0.15) is 0 Å². The fourth-order valence-electron chi connectivity index (χ4n) is 3.26. The predicted molar refractivity (Wildman–Crippen MR) is 54.7 cm³/mol. The lowest BCUT2D eigenvalue weighted by Crippen LogP contribution is -2.34. The molecule has 78 valence electrons. The van der Waals surface area contributed by atoms with E-state index in [0.717, 1.165) is 24.3 Å². The molecule has 2 bridgehead atoms. The number of hydrogen-bond acceptors (Lipinski definition) is 1. The molecule has 3 rings (SSSR count). The Labute approximate surface area is 85.4 Å². The molecule has 0 saturated heterocycles. The number of amides is 1. The average Bonchev–Trinajstić information content (AvgIpc) is 2.79. The molecule has 3 aliphatic carbocycles. The van der Waals surface area contributed by atoms with Crippen molar-refractivity contribution < 1.29 is 4.79 Å². The zero-order chi connectivity index (χ0) is 9.54. The second-order valence-electron chi connectivity index (χ2n) is 5.47. The largest absolute Gasteiger partial charge is 0.356 e. The van der Waals surface area contributed by atoms with Crippen molar-refractivity contribution in [2.24, 2.45) is 23.7 Å². The van der Waals surface area contributed by atoms with Gasteiger partial charge in [-0.1, -0.05) is 6.42 Å². The molecule has 0 radical (unpaired) electrons. The molecule has 3 atom stereocenters. The molecule has 1 amide bonds. The van der Waals surface area contributed by atoms with Crippen LogP contribution in [0, 0.1) is 23.7 Å². The van der Waals surface area contributed by atoms with Gasteiger partial charge in [0.1, 0.15) is 0 Å². The van der Waals surface area contributed by atoms with Gasteiger partial charge in [0.2, 0.25) is 5.91 Å². The van der Waals surface area contributed by atoms with Crippen LogP contribution < -0.4 is 5.32 Å². The van der Waals surface area contributed by atoms with Crippen molar-refractivity contribution >= 4 is 5.91 Å². The molecular formula is C12H19NO. The minimum atomic E-state index is 0.365. The van der Waals surface area contributed by atoms with Gasteiger partial charge in [-0.3, -0.25) is 4.79 Å². The molecule has 3 unspecified atom stereocenters. The van der Waals surface area contributed by atoms with Crippen LogP contribution in [0.3, 0.4) is 0 Å². The normalized spacial score (nSPS) is 40.1. The van der Waals surface area contributed by atoms with Gasteiger partial charge < -0.3 is 5.32 Å². The van der Waals surface area contributed by atoms with Crippen LogP contribution in [0.15, 0.2) is 0 Å². The van der Waals surface area contributed by atoms with E-state index in [2.05, 4.69) is 5.32 Å². The molecule has 0 aliphatic heterocycles. The van der Waals surface area contributed by atoms with Crippen LogP contribution in [-0.2, 0) is 4.79 Å². The Kier molecular flexibility index (Phi) is 2.03. The molecule has 3 fully saturated rings. The first-order chi connectivity index (χ1) is 6.83. The Hall–Kier alpha value is -0.530. The number of nitrogens with one attached hydrogen (secondary N) is 1. The molecule has 1 N–H and O–H groups in total. The minimum Gasteiger partial charge on any atom is -0.356 e. The highest BCUT2D eigenvalue weighted by Gasteiger charge is 2.43. The number of rotatable bonds is 3. The van der Waals surface area contributed by atoms with E-state index < -0.39 is 0 Å². The van der Waals surface area contributed by atoms with E-state index in [0.29, 0.717) is 11.8 Å². The Balaban J connectivity index is 1.51. The van der Waals surface area contributed by atoms with Gasteiger partial charge in [0.25, 0.3) is 0 Å². The van der Waals surface area contributed by atoms with E-state index in [1.165, 1.54) is 38.5 Å². The van der Waals surface area contributed by atoms with Crippen LogP contribution in [0.25, 0.3) is 0 Å². The highest BCUT2D eigenvalue weighted by molar-refractivity contribution is 5.79. The van der Waals surface area contributed by atoms with Crippen molar-refractivity contribution in [2.45, 2.75) is 38.5 Å². The summed E-state index contributed by atoms with van der Waals surface area (Å²) in [5.41, 5.74) is 0. The van der Waals surface area contributed by atoms with Crippen molar-refractivity contribution in [1.82, 2.24) is 5.32 Å². The lowest BCUT2D eigenvalue weighted by atomic mass is 9.88. The monoisotopic (exact) mass is 193 g/mol. The van der Waals surface area contributed by atoms with Crippen LogP contribution in [0.1, 0.15) is 38.5 Å². The Bertz CT molecular complexity index is 247. The van der Waals surface area contributed by atoms with Gasteiger partial charge >= 0.3 is 0 Å². The van der Waals surface area contributed by atoms with Gasteiger partial charge in [0.05, 0.1) is 0 Å². The molecule has 0 heterocycles. The molecule has 0 aromatic rings. The molecule has 3 aliphatic rings. The Morgan fingerprint density at radius 3 is 2.57 bits per heavy atom. The van der Waals surface area contributed by atoms with Crippen LogP contribution in [0.5, 0.6) is 0 Å². The van der Waals surface area contributed by atoms with E-state index in [-0.39, 0.29) is 0 Å². The third-order valence-electron chi connectivity index (χ3n) is 4.34. The highest BCUT2D eigenvalue weighted by Crippen LogP contribution is 2.48. The van der Waals surface area contributed by atoms with Crippen molar-refractivity contribution in [3.63, 3.8) is 0 Å². The van der Waals surface area contributed by atoms with Gasteiger partial charge in [-0.05, 0) is 49.9 Å². The molecule has 2 nitrogen and oxygen atoms in total. The van der Waals surface area contributed by atoms with Gasteiger partial charge in [0, 0.05) is 12.5 Å². The summed E-state index contributed by atoms with van der Waals surface area (Å²) in [6.45, 7) is 0.951. The molecular weight excluding hydrogens is 174 g/mol. The van der Waals surface area contributed by atoms with Gasteiger partial charge in [-0.15, -0.1) is 0 Å². The van der Waals surface area contributed by atoms with Crippen LogP contribution in [-0.4, -0.2) is 12.5 Å². The standard InChI is InChI=1S/C12H19NO/c14-12(13-7-8-1-2-8)11-6-9-3-4-10(11)5-9/h8-11H,1-7H2,(H,13,14). The first kappa shape index (κ1) is 8.75. The number of carbonyl (C=O) groups excluding carboxylic acids is 1. The topological polar surface area (TPSA) is 29.1 Å². The summed E-state index contributed by atoms with van der Waals surface area (Å²) in [7, 11) is 0. The van der Waals surface area contributed by atoms with Gasteiger partial charge in [0.15, 0.2) is 0 Å². The van der Waals surface area contributed by atoms with E-state index in [1.807, 2.05) is 0 Å². The predicted octanol–water partition coefficient (Wildman–Crippen LogP) is 1.95. The van der Waals surface area contributed by atoms with E-state index in [4.69, 9.17) is 0 Å². The number of hydrogen-bond donors (Lipinski definition) is 1. The van der Waals surface area contributed by atoms with E-state index in [1.54, 1.807) is 0 Å².